The summed E-state index contributed by atoms with van der Waals surface area (Å²) in [6.07, 6.45) is -8.06. The first-order valence-electron chi connectivity index (χ1n) is 6.81. The Kier molecular flexibility index (Phi) is 12.6. The summed E-state index contributed by atoms with van der Waals surface area (Å²) in [5, 5.41) is 71.9. The first kappa shape index (κ1) is 24.8. The van der Waals surface area contributed by atoms with Gasteiger partial charge in [-0.2, -0.15) is 0 Å². The number of halogens is 2. The fourth-order valence-electron chi connectivity index (χ4n) is 1.67. The van der Waals surface area contributed by atoms with Gasteiger partial charge in [-0.1, -0.05) is 45.2 Å². The number of aldehydes is 1. The van der Waals surface area contributed by atoms with Gasteiger partial charge < -0.3 is 50.4 Å². The van der Waals surface area contributed by atoms with Gasteiger partial charge in [-0.3, -0.25) is 0 Å². The summed E-state index contributed by atoms with van der Waals surface area (Å²) in [6.45, 7) is -1.07. The first-order chi connectivity index (χ1) is 11.1. The molecule has 1 fully saturated rings. The number of rotatable bonds is 6. The number of carbonyl (C=O) groups is 1. The van der Waals surface area contributed by atoms with E-state index in [1.54, 1.807) is 45.2 Å². The first-order valence-corrected chi connectivity index (χ1v) is 9.30. The van der Waals surface area contributed by atoms with Crippen LogP contribution in [0.15, 0.2) is 0 Å². The molecule has 0 aromatic heterocycles. The van der Waals surface area contributed by atoms with Crippen molar-refractivity contribution in [1.29, 1.82) is 0 Å². The average molecular weight is 580 g/mol. The number of aliphatic hydroxyl groups excluding tert-OH is 8. The van der Waals surface area contributed by atoms with Crippen molar-refractivity contribution in [2.45, 2.75) is 50.8 Å². The number of hydrogen-bond donors (Lipinski definition) is 8. The van der Waals surface area contributed by atoms with Crippen molar-refractivity contribution in [3.8, 4) is 0 Å². The molecule has 12 heteroatoms. The van der Waals surface area contributed by atoms with Gasteiger partial charge in [0.2, 0.25) is 0 Å². The topological polar surface area (TPSA) is 188 Å². The summed E-state index contributed by atoms with van der Waals surface area (Å²) in [7, 11) is 0. The predicted molar refractivity (Wildman–Crippen MR) is 96.8 cm³/mol. The van der Waals surface area contributed by atoms with Crippen LogP contribution in [0.4, 0.5) is 0 Å². The van der Waals surface area contributed by atoms with E-state index in [-0.39, 0.29) is 0 Å². The number of aliphatic hydroxyl groups is 8. The molecule has 10 nitrogen and oxygen atoms in total. The lowest BCUT2D eigenvalue weighted by Crippen LogP contribution is -2.56. The zero-order chi connectivity index (χ0) is 19.0. The van der Waals surface area contributed by atoms with Gasteiger partial charge in [0.15, 0.2) is 6.29 Å². The summed E-state index contributed by atoms with van der Waals surface area (Å²) < 4.78 is 3.46. The van der Waals surface area contributed by atoms with Crippen molar-refractivity contribution in [3.63, 3.8) is 0 Å². The van der Waals surface area contributed by atoms with Crippen LogP contribution < -0.4 is 0 Å². The van der Waals surface area contributed by atoms with Crippen LogP contribution in [-0.4, -0.2) is 111 Å². The van der Waals surface area contributed by atoms with E-state index in [0.29, 0.717) is 6.29 Å². The quantitative estimate of drug-likeness (QED) is 0.0883. The van der Waals surface area contributed by atoms with Crippen LogP contribution in [0, 0.1) is 0 Å². The molecule has 1 aliphatic heterocycles. The van der Waals surface area contributed by atoms with Crippen molar-refractivity contribution in [3.05, 3.63) is 0 Å². The van der Waals surface area contributed by atoms with Crippen molar-refractivity contribution < 1.29 is 50.4 Å². The van der Waals surface area contributed by atoms with Crippen molar-refractivity contribution in [2.24, 2.45) is 0 Å². The smallest absolute Gasteiger partial charge is 0.169 e. The molecule has 0 aromatic rings. The Hall–Kier alpha value is 0.770. The highest BCUT2D eigenvalue weighted by Crippen LogP contribution is 2.25. The minimum absolute atomic E-state index is 0.418. The van der Waals surface area contributed by atoms with Crippen LogP contribution in [0.1, 0.15) is 0 Å². The van der Waals surface area contributed by atoms with Crippen LogP contribution in [-0.2, 0) is 9.53 Å². The molecule has 1 heterocycles. The molecule has 1 unspecified atom stereocenters. The van der Waals surface area contributed by atoms with Gasteiger partial charge >= 0.3 is 0 Å². The maximum absolute atomic E-state index is 10.1. The fraction of sp³-hybridized carbons (Fsp3) is 0.917. The van der Waals surface area contributed by atoms with Gasteiger partial charge in [-0.15, -0.1) is 0 Å². The Bertz CT molecular complexity index is 358. The Labute approximate surface area is 165 Å². The second kappa shape index (κ2) is 12.2. The molecule has 24 heavy (non-hydrogen) atoms. The average Bonchev–Trinajstić information content (AvgIpc) is 2.60. The molecule has 9 atom stereocenters. The zero-order valence-corrected chi connectivity index (χ0v) is 16.7. The van der Waals surface area contributed by atoms with E-state index in [9.17, 15) is 15.0 Å². The lowest BCUT2D eigenvalue weighted by molar-refractivity contribution is -0.231. The molecule has 0 radical (unpaired) electrons. The van der Waals surface area contributed by atoms with Gasteiger partial charge in [-0.05, 0) is 0 Å². The maximum Gasteiger partial charge on any atom is 0.169 e. The van der Waals surface area contributed by atoms with Crippen molar-refractivity contribution in [1.82, 2.24) is 0 Å². The molecular formula is C12H22I2O10. The van der Waals surface area contributed by atoms with Crippen LogP contribution in [0.2, 0.25) is 0 Å². The van der Waals surface area contributed by atoms with Gasteiger partial charge in [0.05, 0.1) is 27.2 Å². The maximum atomic E-state index is 10.1. The highest BCUT2D eigenvalue weighted by Gasteiger charge is 2.42. The van der Waals surface area contributed by atoms with Crippen LogP contribution >= 0.6 is 45.2 Å². The minimum atomic E-state index is -1.50. The molecule has 0 bridgehead atoms. The number of hydrogen-bond acceptors (Lipinski definition) is 10. The van der Waals surface area contributed by atoms with Crippen LogP contribution in [0.5, 0.6) is 0 Å². The van der Waals surface area contributed by atoms with Gasteiger partial charge in [0.25, 0.3) is 0 Å². The molecular weight excluding hydrogens is 558 g/mol. The molecule has 0 aliphatic carbocycles. The summed E-state index contributed by atoms with van der Waals surface area (Å²) in [4.78, 5) is 10.1. The van der Waals surface area contributed by atoms with Gasteiger partial charge in [0.1, 0.15) is 36.8 Å². The second-order valence-electron chi connectivity index (χ2n) is 4.98. The summed E-state index contributed by atoms with van der Waals surface area (Å²) >= 11 is 3.41. The molecule has 0 amide bonds. The number of carbonyl (C=O) groups excluding carboxylic acids is 1. The van der Waals surface area contributed by atoms with E-state index >= 15 is 0 Å². The number of alkyl halides is 2. The summed E-state index contributed by atoms with van der Waals surface area (Å²) in [6, 6.07) is 0. The number of ether oxygens (including phenoxy) is 1. The molecule has 144 valence electrons. The van der Waals surface area contributed by atoms with E-state index in [2.05, 4.69) is 0 Å². The van der Waals surface area contributed by atoms with Crippen LogP contribution in [0.3, 0.4) is 0 Å². The van der Waals surface area contributed by atoms with Gasteiger partial charge in [0, 0.05) is 0 Å². The lowest BCUT2D eigenvalue weighted by Gasteiger charge is -2.37. The molecule has 1 rings (SSSR count). The molecule has 0 aromatic carbocycles. The molecule has 0 saturated carbocycles. The molecule has 1 aliphatic rings. The Morgan fingerprint density at radius 1 is 1.04 bits per heavy atom. The monoisotopic (exact) mass is 580 g/mol. The molecule has 1 saturated heterocycles. The van der Waals surface area contributed by atoms with E-state index in [1.165, 1.54) is 0 Å². The SMILES string of the molecule is O=C[C@H](I)[C@@H](O)[C@@H](O)[C@H](O)CO.OC[C@H]1OC(O)[C@H](I)[C@@H](O)[C@H]1O. The molecule has 8 N–H and O–H groups in total. The van der Waals surface area contributed by atoms with E-state index < -0.39 is 64.0 Å². The highest BCUT2D eigenvalue weighted by atomic mass is 127. The van der Waals surface area contributed by atoms with E-state index in [1.807, 2.05) is 0 Å². The predicted octanol–water partition coefficient (Wildman–Crippen LogP) is -3.71. The largest absolute Gasteiger partial charge is 0.394 e. The third kappa shape index (κ3) is 7.18. The zero-order valence-electron chi connectivity index (χ0n) is 12.3. The minimum Gasteiger partial charge on any atom is -0.394 e. The second-order valence-corrected chi connectivity index (χ2v) is 7.86. The van der Waals surface area contributed by atoms with E-state index in [0.717, 1.165) is 0 Å². The Balaban J connectivity index is 0.000000441. The van der Waals surface area contributed by atoms with Gasteiger partial charge in [-0.25, -0.2) is 0 Å². The Morgan fingerprint density at radius 2 is 1.58 bits per heavy atom. The Morgan fingerprint density at radius 3 is 2.00 bits per heavy atom. The van der Waals surface area contributed by atoms with Crippen molar-refractivity contribution >= 4 is 51.5 Å². The normalized spacial score (nSPS) is 35.2. The highest BCUT2D eigenvalue weighted by molar-refractivity contribution is 14.1. The van der Waals surface area contributed by atoms with Crippen molar-refractivity contribution in [2.75, 3.05) is 13.2 Å². The standard InChI is InChI=1S/2C6H11IO5/c7-3-5(10)4(9)2(1-8)12-6(3)11;7-3(1-8)5(11)6(12)4(10)2-9/h2-6,8-11H,1H2;1,3-6,9-12H,2H2/t2-,3-,4+,5-,6?;3-,4+,5+,6-/m10/s1. The van der Waals surface area contributed by atoms with E-state index in [4.69, 9.17) is 35.4 Å². The summed E-state index contributed by atoms with van der Waals surface area (Å²) in [5.74, 6) is 0. The summed E-state index contributed by atoms with van der Waals surface area (Å²) in [5.41, 5.74) is 0. The third-order valence-corrected chi connectivity index (χ3v) is 5.59. The van der Waals surface area contributed by atoms with Crippen LogP contribution in [0.25, 0.3) is 0 Å². The molecule has 0 spiro atoms. The third-order valence-electron chi connectivity index (χ3n) is 3.21. The lowest BCUT2D eigenvalue weighted by atomic mass is 10.0. The fourth-order valence-corrected chi connectivity index (χ4v) is 2.69.